The van der Waals surface area contributed by atoms with E-state index in [9.17, 15) is 0 Å². The maximum atomic E-state index is 2.52. The highest BCUT2D eigenvalue weighted by Crippen LogP contribution is 2.52. The van der Waals surface area contributed by atoms with Gasteiger partial charge in [0, 0.05) is 0 Å². The first-order chi connectivity index (χ1) is 7.54. The van der Waals surface area contributed by atoms with Gasteiger partial charge in [-0.1, -0.05) is 41.0 Å². The largest absolute Gasteiger partial charge is 0.0651 e. The molecule has 0 aromatic heterocycles. The molecule has 5 atom stereocenters. The van der Waals surface area contributed by atoms with Gasteiger partial charge in [-0.15, -0.1) is 0 Å². The summed E-state index contributed by atoms with van der Waals surface area (Å²) in [6.07, 6.45) is 5.93. The highest BCUT2D eigenvalue weighted by molar-refractivity contribution is 4.93. The van der Waals surface area contributed by atoms with E-state index in [4.69, 9.17) is 0 Å². The third-order valence-corrected chi connectivity index (χ3v) is 5.89. The summed E-state index contributed by atoms with van der Waals surface area (Å²) in [5, 5.41) is 0. The van der Waals surface area contributed by atoms with Crippen molar-refractivity contribution in [3.63, 3.8) is 0 Å². The Morgan fingerprint density at radius 1 is 0.938 bits per heavy atom. The van der Waals surface area contributed by atoms with Gasteiger partial charge in [-0.05, 0) is 60.7 Å². The molecule has 0 saturated heterocycles. The molecule has 0 nitrogen and oxygen atoms in total. The second kappa shape index (κ2) is 4.70. The van der Waals surface area contributed by atoms with Crippen molar-refractivity contribution in [1.29, 1.82) is 0 Å². The summed E-state index contributed by atoms with van der Waals surface area (Å²) < 4.78 is 0. The Hall–Kier alpha value is 0. The normalized spacial score (nSPS) is 50.1. The van der Waals surface area contributed by atoms with Gasteiger partial charge < -0.3 is 0 Å². The van der Waals surface area contributed by atoms with Crippen LogP contribution < -0.4 is 0 Å². The standard InChI is InChI=1S/C16H30/c1-6-15(14-7-10(2)8-14)16-12(4)9-11(3)13(16)5/h10-16H,6-9H2,1-5H3. The van der Waals surface area contributed by atoms with Crippen LogP contribution in [0.3, 0.4) is 0 Å². The SMILES string of the molecule is CCC(C1CC(C)C1)C1C(C)CC(C)C1C. The fraction of sp³-hybridized carbons (Fsp3) is 1.00. The first-order valence-electron chi connectivity index (χ1n) is 7.54. The van der Waals surface area contributed by atoms with Gasteiger partial charge in [0.05, 0.1) is 0 Å². The maximum absolute atomic E-state index is 2.52. The predicted molar refractivity (Wildman–Crippen MR) is 71.3 cm³/mol. The third kappa shape index (κ3) is 2.05. The van der Waals surface area contributed by atoms with Crippen molar-refractivity contribution < 1.29 is 0 Å². The van der Waals surface area contributed by atoms with Gasteiger partial charge in [0.25, 0.3) is 0 Å². The van der Waals surface area contributed by atoms with E-state index >= 15 is 0 Å². The van der Waals surface area contributed by atoms with Crippen molar-refractivity contribution in [2.45, 2.75) is 60.3 Å². The van der Waals surface area contributed by atoms with E-state index in [0.29, 0.717) is 0 Å². The highest BCUT2D eigenvalue weighted by Gasteiger charge is 2.44. The molecule has 0 aliphatic heterocycles. The predicted octanol–water partition coefficient (Wildman–Crippen LogP) is 4.99. The minimum Gasteiger partial charge on any atom is -0.0651 e. The second-order valence-electron chi connectivity index (χ2n) is 7.04. The van der Waals surface area contributed by atoms with Crippen molar-refractivity contribution in [1.82, 2.24) is 0 Å². The first kappa shape index (κ1) is 12.5. The zero-order valence-electron chi connectivity index (χ0n) is 11.9. The molecule has 2 fully saturated rings. The fourth-order valence-electron chi connectivity index (χ4n) is 4.90. The molecule has 0 heteroatoms. The highest BCUT2D eigenvalue weighted by atomic mass is 14.5. The van der Waals surface area contributed by atoms with Crippen LogP contribution in [0.15, 0.2) is 0 Å². The van der Waals surface area contributed by atoms with Gasteiger partial charge in [-0.25, -0.2) is 0 Å². The summed E-state index contributed by atoms with van der Waals surface area (Å²) in [5.41, 5.74) is 0. The molecule has 2 rings (SSSR count). The molecule has 0 heterocycles. The maximum Gasteiger partial charge on any atom is -0.0329 e. The van der Waals surface area contributed by atoms with Crippen molar-refractivity contribution >= 4 is 0 Å². The van der Waals surface area contributed by atoms with Crippen LogP contribution in [0.25, 0.3) is 0 Å². The van der Waals surface area contributed by atoms with Gasteiger partial charge in [0.1, 0.15) is 0 Å². The van der Waals surface area contributed by atoms with Crippen molar-refractivity contribution in [3.05, 3.63) is 0 Å². The van der Waals surface area contributed by atoms with Gasteiger partial charge in [0.15, 0.2) is 0 Å². The Bertz CT molecular complexity index is 226. The van der Waals surface area contributed by atoms with Crippen LogP contribution in [0.2, 0.25) is 0 Å². The van der Waals surface area contributed by atoms with Crippen LogP contribution in [0, 0.1) is 41.4 Å². The van der Waals surface area contributed by atoms with E-state index in [0.717, 1.165) is 41.4 Å². The van der Waals surface area contributed by atoms with E-state index in [1.165, 1.54) is 25.7 Å². The molecule has 16 heavy (non-hydrogen) atoms. The summed E-state index contributed by atoms with van der Waals surface area (Å²) in [7, 11) is 0. The number of rotatable bonds is 3. The van der Waals surface area contributed by atoms with Gasteiger partial charge >= 0.3 is 0 Å². The van der Waals surface area contributed by atoms with Gasteiger partial charge in [-0.2, -0.15) is 0 Å². The van der Waals surface area contributed by atoms with Crippen LogP contribution in [0.1, 0.15) is 60.3 Å². The lowest BCUT2D eigenvalue weighted by Gasteiger charge is -2.44. The summed E-state index contributed by atoms with van der Waals surface area (Å²) in [4.78, 5) is 0. The van der Waals surface area contributed by atoms with Crippen LogP contribution in [0.5, 0.6) is 0 Å². The average molecular weight is 222 g/mol. The summed E-state index contributed by atoms with van der Waals surface area (Å²) in [5.74, 6) is 7.06. The molecule has 2 aliphatic rings. The lowest BCUT2D eigenvalue weighted by molar-refractivity contribution is 0.0585. The molecule has 2 saturated carbocycles. The van der Waals surface area contributed by atoms with E-state index in [1.807, 2.05) is 0 Å². The molecule has 0 spiro atoms. The quantitative estimate of drug-likeness (QED) is 0.631. The van der Waals surface area contributed by atoms with E-state index in [-0.39, 0.29) is 0 Å². The molecule has 0 bridgehead atoms. The Labute approximate surface area is 102 Å². The van der Waals surface area contributed by atoms with Gasteiger partial charge in [-0.3, -0.25) is 0 Å². The van der Waals surface area contributed by atoms with Crippen molar-refractivity contribution in [3.8, 4) is 0 Å². The average Bonchev–Trinajstić information content (AvgIpc) is 2.43. The Morgan fingerprint density at radius 3 is 1.94 bits per heavy atom. The van der Waals surface area contributed by atoms with Crippen LogP contribution in [-0.2, 0) is 0 Å². The molecule has 0 aromatic rings. The monoisotopic (exact) mass is 222 g/mol. The van der Waals surface area contributed by atoms with Crippen molar-refractivity contribution in [2.75, 3.05) is 0 Å². The molecular weight excluding hydrogens is 192 g/mol. The third-order valence-electron chi connectivity index (χ3n) is 5.89. The topological polar surface area (TPSA) is 0 Å². The molecule has 2 aliphatic carbocycles. The minimum atomic E-state index is 0.964. The lowest BCUT2D eigenvalue weighted by Crippen LogP contribution is -2.35. The summed E-state index contributed by atoms with van der Waals surface area (Å²) in [6.45, 7) is 12.3. The molecule has 5 unspecified atom stereocenters. The number of hydrogen-bond acceptors (Lipinski definition) is 0. The van der Waals surface area contributed by atoms with Crippen LogP contribution in [0.4, 0.5) is 0 Å². The Balaban J connectivity index is 2.03. The van der Waals surface area contributed by atoms with Crippen LogP contribution >= 0.6 is 0 Å². The van der Waals surface area contributed by atoms with Crippen LogP contribution in [-0.4, -0.2) is 0 Å². The van der Waals surface area contributed by atoms with E-state index in [1.54, 1.807) is 0 Å². The molecule has 0 N–H and O–H groups in total. The van der Waals surface area contributed by atoms with Gasteiger partial charge in [0.2, 0.25) is 0 Å². The summed E-state index contributed by atoms with van der Waals surface area (Å²) >= 11 is 0. The summed E-state index contributed by atoms with van der Waals surface area (Å²) in [6, 6.07) is 0. The van der Waals surface area contributed by atoms with Crippen molar-refractivity contribution in [2.24, 2.45) is 41.4 Å². The molecule has 0 radical (unpaired) electrons. The molecule has 0 amide bonds. The molecule has 94 valence electrons. The molecule has 0 aromatic carbocycles. The zero-order valence-corrected chi connectivity index (χ0v) is 11.9. The lowest BCUT2D eigenvalue weighted by atomic mass is 9.62. The zero-order chi connectivity index (χ0) is 11.9. The number of hydrogen-bond donors (Lipinski definition) is 0. The first-order valence-corrected chi connectivity index (χ1v) is 7.54. The molecular formula is C16H30. The second-order valence-corrected chi connectivity index (χ2v) is 7.04. The van der Waals surface area contributed by atoms with E-state index in [2.05, 4.69) is 34.6 Å². The smallest absolute Gasteiger partial charge is 0.0329 e. The Morgan fingerprint density at radius 2 is 1.56 bits per heavy atom. The minimum absolute atomic E-state index is 0.964. The fourth-order valence-corrected chi connectivity index (χ4v) is 4.90. The van der Waals surface area contributed by atoms with E-state index < -0.39 is 0 Å². The Kier molecular flexibility index (Phi) is 3.66.